The topological polar surface area (TPSA) is 111 Å². The molecule has 2 N–H and O–H groups in total. The van der Waals surface area contributed by atoms with E-state index >= 15 is 0 Å². The first kappa shape index (κ1) is 19.4. The zero-order valence-corrected chi connectivity index (χ0v) is 15.6. The van der Waals surface area contributed by atoms with Crippen LogP contribution >= 0.6 is 15.9 Å². The lowest BCUT2D eigenvalue weighted by Crippen LogP contribution is -2.21. The van der Waals surface area contributed by atoms with Gasteiger partial charge in [-0.15, -0.1) is 0 Å². The quantitative estimate of drug-likeness (QED) is 0.419. The predicted molar refractivity (Wildman–Crippen MR) is 100 cm³/mol. The molecule has 0 saturated carbocycles. The van der Waals surface area contributed by atoms with E-state index < -0.39 is 23.4 Å². The Morgan fingerprint density at radius 3 is 2.50 bits per heavy atom. The Hall–Kier alpha value is -2.94. The summed E-state index contributed by atoms with van der Waals surface area (Å²) in [6, 6.07) is 9.16. The first-order valence-corrected chi connectivity index (χ1v) is 8.30. The SMILES string of the molecule is CNc1ccc([N+](=O)[O-])cc1C(=O)OCC(=O)Nc1ccc(C)cc1Br. The highest BCUT2D eigenvalue weighted by Crippen LogP contribution is 2.24. The fraction of sp³-hybridized carbons (Fsp3) is 0.176. The van der Waals surface area contributed by atoms with Crippen molar-refractivity contribution in [3.05, 3.63) is 62.1 Å². The monoisotopic (exact) mass is 421 g/mol. The lowest BCUT2D eigenvalue weighted by Gasteiger charge is -2.10. The number of amides is 1. The lowest BCUT2D eigenvalue weighted by atomic mass is 10.1. The minimum atomic E-state index is -0.837. The van der Waals surface area contributed by atoms with Crippen LogP contribution in [0.25, 0.3) is 0 Å². The largest absolute Gasteiger partial charge is 0.452 e. The predicted octanol–water partition coefficient (Wildman–Crippen LogP) is 3.50. The van der Waals surface area contributed by atoms with E-state index in [1.165, 1.54) is 12.1 Å². The Morgan fingerprint density at radius 2 is 1.88 bits per heavy atom. The highest BCUT2D eigenvalue weighted by molar-refractivity contribution is 9.10. The molecule has 136 valence electrons. The number of benzene rings is 2. The van der Waals surface area contributed by atoms with Gasteiger partial charge >= 0.3 is 5.97 Å². The molecule has 8 nitrogen and oxygen atoms in total. The van der Waals surface area contributed by atoms with Gasteiger partial charge in [-0.2, -0.15) is 0 Å². The molecule has 2 aromatic carbocycles. The van der Waals surface area contributed by atoms with Crippen molar-refractivity contribution in [2.24, 2.45) is 0 Å². The molecule has 0 aliphatic rings. The molecule has 2 aromatic rings. The normalized spacial score (nSPS) is 10.1. The van der Waals surface area contributed by atoms with Crippen LogP contribution in [0.15, 0.2) is 40.9 Å². The molecular formula is C17H16BrN3O5. The van der Waals surface area contributed by atoms with Gasteiger partial charge in [0.25, 0.3) is 11.6 Å². The molecular weight excluding hydrogens is 406 g/mol. The van der Waals surface area contributed by atoms with E-state index in [9.17, 15) is 19.7 Å². The van der Waals surface area contributed by atoms with Gasteiger partial charge in [0.2, 0.25) is 0 Å². The Labute approximate surface area is 157 Å². The summed E-state index contributed by atoms with van der Waals surface area (Å²) in [5.74, 6) is -1.37. The summed E-state index contributed by atoms with van der Waals surface area (Å²) >= 11 is 3.34. The Kier molecular flexibility index (Phi) is 6.29. The smallest absolute Gasteiger partial charge is 0.341 e. The number of esters is 1. The summed E-state index contributed by atoms with van der Waals surface area (Å²) in [4.78, 5) is 34.4. The van der Waals surface area contributed by atoms with Crippen LogP contribution in [0.1, 0.15) is 15.9 Å². The van der Waals surface area contributed by atoms with Gasteiger partial charge in [0.05, 0.1) is 16.2 Å². The molecule has 0 spiro atoms. The maximum Gasteiger partial charge on any atom is 0.341 e. The molecule has 0 radical (unpaired) electrons. The molecule has 1 amide bonds. The highest BCUT2D eigenvalue weighted by Gasteiger charge is 2.18. The summed E-state index contributed by atoms with van der Waals surface area (Å²) in [6.45, 7) is 1.39. The Morgan fingerprint density at radius 1 is 1.19 bits per heavy atom. The number of carbonyl (C=O) groups excluding carboxylic acids is 2. The molecule has 0 heterocycles. The van der Waals surface area contributed by atoms with Gasteiger partial charge in [-0.05, 0) is 46.6 Å². The van der Waals surface area contributed by atoms with Crippen LogP contribution in [-0.4, -0.2) is 30.5 Å². The van der Waals surface area contributed by atoms with Crippen LogP contribution in [0.3, 0.4) is 0 Å². The van der Waals surface area contributed by atoms with Gasteiger partial charge in [-0.3, -0.25) is 14.9 Å². The van der Waals surface area contributed by atoms with E-state index in [1.54, 1.807) is 13.1 Å². The van der Waals surface area contributed by atoms with E-state index in [4.69, 9.17) is 4.74 Å². The van der Waals surface area contributed by atoms with E-state index in [1.807, 2.05) is 19.1 Å². The zero-order chi connectivity index (χ0) is 19.3. The molecule has 26 heavy (non-hydrogen) atoms. The molecule has 9 heteroatoms. The van der Waals surface area contributed by atoms with Crippen molar-refractivity contribution in [2.45, 2.75) is 6.92 Å². The van der Waals surface area contributed by atoms with Crippen molar-refractivity contribution < 1.29 is 19.2 Å². The average molecular weight is 422 g/mol. The molecule has 0 unspecified atom stereocenters. The van der Waals surface area contributed by atoms with Crippen LogP contribution in [0.5, 0.6) is 0 Å². The molecule has 0 aliphatic carbocycles. The number of carbonyl (C=O) groups is 2. The van der Waals surface area contributed by atoms with Crippen molar-refractivity contribution in [3.63, 3.8) is 0 Å². The number of nitro benzene ring substituents is 1. The molecule has 0 atom stereocenters. The summed E-state index contributed by atoms with van der Waals surface area (Å²) in [6.07, 6.45) is 0. The fourth-order valence-electron chi connectivity index (χ4n) is 2.15. The first-order valence-electron chi connectivity index (χ1n) is 7.51. The standard InChI is InChI=1S/C17H16BrN3O5/c1-10-3-5-15(13(18)7-10)20-16(22)9-26-17(23)12-8-11(21(24)25)4-6-14(12)19-2/h3-8,19H,9H2,1-2H3,(H,20,22). The van der Waals surface area contributed by atoms with E-state index in [-0.39, 0.29) is 11.3 Å². The van der Waals surface area contributed by atoms with Crippen LogP contribution < -0.4 is 10.6 Å². The number of hydrogen-bond donors (Lipinski definition) is 2. The number of nitrogens with one attached hydrogen (secondary N) is 2. The van der Waals surface area contributed by atoms with E-state index in [2.05, 4.69) is 26.6 Å². The van der Waals surface area contributed by atoms with Crippen molar-refractivity contribution in [2.75, 3.05) is 24.3 Å². The van der Waals surface area contributed by atoms with Gasteiger partial charge in [0.1, 0.15) is 0 Å². The zero-order valence-electron chi connectivity index (χ0n) is 14.0. The van der Waals surface area contributed by atoms with Crippen LogP contribution in [-0.2, 0) is 9.53 Å². The number of nitro groups is 1. The highest BCUT2D eigenvalue weighted by atomic mass is 79.9. The van der Waals surface area contributed by atoms with Crippen molar-refractivity contribution in [1.82, 2.24) is 0 Å². The maximum absolute atomic E-state index is 12.2. The fourth-order valence-corrected chi connectivity index (χ4v) is 2.74. The molecule has 0 fully saturated rings. The minimum absolute atomic E-state index is 0.0222. The molecule has 0 aromatic heterocycles. The van der Waals surface area contributed by atoms with Crippen molar-refractivity contribution in [3.8, 4) is 0 Å². The summed E-state index contributed by atoms with van der Waals surface area (Å²) < 4.78 is 5.68. The number of aryl methyl sites for hydroxylation is 1. The minimum Gasteiger partial charge on any atom is -0.452 e. The van der Waals surface area contributed by atoms with E-state index in [0.717, 1.165) is 11.6 Å². The molecule has 0 bridgehead atoms. The Balaban J connectivity index is 2.05. The van der Waals surface area contributed by atoms with Gasteiger partial charge in [0.15, 0.2) is 6.61 Å². The van der Waals surface area contributed by atoms with Gasteiger partial charge in [-0.1, -0.05) is 6.07 Å². The third-order valence-electron chi connectivity index (χ3n) is 3.44. The second kappa shape index (κ2) is 8.43. The van der Waals surface area contributed by atoms with Crippen LogP contribution in [0.2, 0.25) is 0 Å². The summed E-state index contributed by atoms with van der Waals surface area (Å²) in [5.41, 5.74) is 1.66. The van der Waals surface area contributed by atoms with Crippen molar-refractivity contribution in [1.29, 1.82) is 0 Å². The summed E-state index contributed by atoms with van der Waals surface area (Å²) in [7, 11) is 1.57. The van der Waals surface area contributed by atoms with Crippen LogP contribution in [0, 0.1) is 17.0 Å². The van der Waals surface area contributed by atoms with E-state index in [0.29, 0.717) is 15.8 Å². The number of halogens is 1. The third-order valence-corrected chi connectivity index (χ3v) is 4.09. The second-order valence-electron chi connectivity index (χ2n) is 5.34. The number of anilines is 2. The number of hydrogen-bond acceptors (Lipinski definition) is 6. The first-order chi connectivity index (χ1) is 12.3. The number of non-ortho nitro benzene ring substituents is 1. The maximum atomic E-state index is 12.2. The summed E-state index contributed by atoms with van der Waals surface area (Å²) in [5, 5.41) is 16.2. The molecule has 0 aliphatic heterocycles. The van der Waals surface area contributed by atoms with Crippen molar-refractivity contribution >= 4 is 44.9 Å². The molecule has 2 rings (SSSR count). The van der Waals surface area contributed by atoms with Crippen LogP contribution in [0.4, 0.5) is 17.1 Å². The lowest BCUT2D eigenvalue weighted by molar-refractivity contribution is -0.384. The number of rotatable bonds is 6. The van der Waals surface area contributed by atoms with Gasteiger partial charge in [0, 0.05) is 29.3 Å². The third kappa shape index (κ3) is 4.79. The average Bonchev–Trinajstić information content (AvgIpc) is 2.61. The Bertz CT molecular complexity index is 869. The second-order valence-corrected chi connectivity index (χ2v) is 6.20. The number of nitrogens with zero attached hydrogens (tertiary/aromatic N) is 1. The molecule has 0 saturated heterocycles. The number of ether oxygens (including phenoxy) is 1. The van der Waals surface area contributed by atoms with Gasteiger partial charge in [-0.25, -0.2) is 4.79 Å². The van der Waals surface area contributed by atoms with Gasteiger partial charge < -0.3 is 15.4 Å².